The number of amides is 2. The van der Waals surface area contributed by atoms with E-state index in [9.17, 15) is 23.1 Å². The zero-order chi connectivity index (χ0) is 28.8. The number of carbonyl (C=O) groups excluding carboxylic acids is 1. The van der Waals surface area contributed by atoms with Gasteiger partial charge < -0.3 is 15.7 Å². The smallest absolute Gasteiger partial charge is 0.322 e. The summed E-state index contributed by atoms with van der Waals surface area (Å²) >= 11 is 6.29. The largest absolute Gasteiger partial charge is 0.480 e. The molecular formula is C29H29ClN4O5S. The van der Waals surface area contributed by atoms with Crippen LogP contribution in [0.1, 0.15) is 23.1 Å². The number of aliphatic carboxylic acids is 1. The number of urea groups is 1. The topological polar surface area (TPSA) is 137 Å². The summed E-state index contributed by atoms with van der Waals surface area (Å²) in [7, 11) is -4.18. The molecule has 3 aromatic rings. The molecular weight excluding hydrogens is 552 g/mol. The van der Waals surface area contributed by atoms with Gasteiger partial charge in [0.1, 0.15) is 6.04 Å². The van der Waals surface area contributed by atoms with Crippen LogP contribution >= 0.6 is 11.6 Å². The summed E-state index contributed by atoms with van der Waals surface area (Å²) in [6, 6.07) is 14.7. The molecule has 0 fully saturated rings. The number of halogens is 1. The summed E-state index contributed by atoms with van der Waals surface area (Å²) in [5.41, 5.74) is 4.72. The highest BCUT2D eigenvalue weighted by atomic mass is 35.5. The number of nitrogens with zero attached hydrogens (tertiary/aromatic N) is 1. The summed E-state index contributed by atoms with van der Waals surface area (Å²) in [4.78, 5) is 28.4. The Morgan fingerprint density at radius 2 is 1.82 bits per heavy atom. The Morgan fingerprint density at radius 1 is 1.07 bits per heavy atom. The number of rotatable bonds is 10. The number of hydrogen-bond donors (Lipinski definition) is 4. The first kappa shape index (κ1) is 29.0. The van der Waals surface area contributed by atoms with Gasteiger partial charge in [-0.25, -0.2) is 13.2 Å². The van der Waals surface area contributed by atoms with Crippen LogP contribution in [0.4, 0.5) is 10.5 Å². The van der Waals surface area contributed by atoms with E-state index in [1.54, 1.807) is 42.7 Å². The molecule has 0 unspecified atom stereocenters. The fraction of sp³-hybridized carbons (Fsp3) is 0.207. The molecule has 208 valence electrons. The molecule has 1 aromatic heterocycles. The van der Waals surface area contributed by atoms with Crippen LogP contribution in [0.15, 0.2) is 91.3 Å². The highest BCUT2D eigenvalue weighted by Gasteiger charge is 2.41. The van der Waals surface area contributed by atoms with Crippen LogP contribution in [0.5, 0.6) is 0 Å². The molecule has 0 saturated carbocycles. The van der Waals surface area contributed by atoms with Gasteiger partial charge in [0.05, 0.1) is 0 Å². The lowest BCUT2D eigenvalue weighted by Gasteiger charge is -2.26. The third-order valence-corrected chi connectivity index (χ3v) is 9.10. The number of hydrogen-bond acceptors (Lipinski definition) is 5. The molecule has 40 heavy (non-hydrogen) atoms. The normalized spacial score (nSPS) is 17.2. The van der Waals surface area contributed by atoms with Gasteiger partial charge in [0.15, 0.2) is 4.21 Å². The van der Waals surface area contributed by atoms with Crippen molar-refractivity contribution in [3.63, 3.8) is 0 Å². The number of pyridine rings is 1. The number of carbonyl (C=O) groups is 2. The number of sulfonamides is 1. The first-order chi connectivity index (χ1) is 19.1. The van der Waals surface area contributed by atoms with Gasteiger partial charge in [-0.3, -0.25) is 9.78 Å². The highest BCUT2D eigenvalue weighted by Crippen LogP contribution is 2.32. The first-order valence-electron chi connectivity index (χ1n) is 12.5. The molecule has 1 aliphatic carbocycles. The fourth-order valence-electron chi connectivity index (χ4n) is 4.10. The number of aryl methyl sites for hydroxylation is 1. The van der Waals surface area contributed by atoms with Crippen LogP contribution in [-0.4, -0.2) is 40.8 Å². The molecule has 0 saturated heterocycles. The van der Waals surface area contributed by atoms with Gasteiger partial charge >= 0.3 is 12.0 Å². The van der Waals surface area contributed by atoms with E-state index in [2.05, 4.69) is 20.3 Å². The van der Waals surface area contributed by atoms with Crippen molar-refractivity contribution in [2.75, 3.05) is 5.32 Å². The van der Waals surface area contributed by atoms with Crippen molar-refractivity contribution in [2.45, 2.75) is 36.6 Å². The lowest BCUT2D eigenvalue weighted by atomic mass is 9.99. The molecule has 9 nitrogen and oxygen atoms in total. The third-order valence-electron chi connectivity index (χ3n) is 6.42. The number of allylic oxidation sites excluding steroid dienone is 3. The maximum absolute atomic E-state index is 12.9. The lowest BCUT2D eigenvalue weighted by Crippen LogP contribution is -2.49. The Labute approximate surface area is 238 Å². The van der Waals surface area contributed by atoms with Crippen LogP contribution < -0.4 is 15.4 Å². The fourth-order valence-corrected chi connectivity index (χ4v) is 5.72. The van der Waals surface area contributed by atoms with Gasteiger partial charge in [0, 0.05) is 31.0 Å². The second-order valence-corrected chi connectivity index (χ2v) is 12.3. The van der Waals surface area contributed by atoms with Crippen molar-refractivity contribution in [1.29, 1.82) is 0 Å². The Balaban J connectivity index is 1.42. The average molecular weight is 581 g/mol. The minimum atomic E-state index is -4.18. The zero-order valence-corrected chi connectivity index (χ0v) is 23.2. The van der Waals surface area contributed by atoms with Crippen molar-refractivity contribution in [3.8, 4) is 11.1 Å². The van der Waals surface area contributed by atoms with Crippen LogP contribution in [-0.2, 0) is 27.8 Å². The maximum Gasteiger partial charge on any atom is 0.322 e. The van der Waals surface area contributed by atoms with Crippen molar-refractivity contribution in [1.82, 2.24) is 15.0 Å². The van der Waals surface area contributed by atoms with E-state index >= 15 is 0 Å². The number of aromatic nitrogens is 1. The molecule has 2 aromatic carbocycles. The molecule has 11 heteroatoms. The lowest BCUT2D eigenvalue weighted by molar-refractivity contribution is -0.138. The summed E-state index contributed by atoms with van der Waals surface area (Å²) in [5, 5.41) is 15.4. The molecule has 0 spiro atoms. The number of benzene rings is 2. The number of alkyl halides is 1. The maximum atomic E-state index is 12.9. The standard InChI is InChI=1S/C29H29ClN4O5S/c1-20-7-10-24(17-25(20)33-28(37)32-19-22-6-5-15-31-18-22)23-11-8-21(9-12-23)16-26(27(35)36)34-40(38,39)29(30)13-3-2-4-14-29/h2-13,15,17-18,26,34H,14,16,19H2,1H3,(H,35,36)(H2,32,33,37)/t26-,29+/m1/s1. The summed E-state index contributed by atoms with van der Waals surface area (Å²) in [6.45, 7) is 2.23. The second kappa shape index (κ2) is 12.5. The average Bonchev–Trinajstić information content (AvgIpc) is 2.94. The van der Waals surface area contributed by atoms with E-state index < -0.39 is 26.2 Å². The molecule has 0 radical (unpaired) electrons. The summed E-state index contributed by atoms with van der Waals surface area (Å²) in [6.07, 6.45) is 9.45. The van der Waals surface area contributed by atoms with Gasteiger partial charge in [0.25, 0.3) is 0 Å². The number of anilines is 1. The Kier molecular flexibility index (Phi) is 9.03. The Hall–Kier alpha value is -3.99. The van der Waals surface area contributed by atoms with Gasteiger partial charge in [-0.1, -0.05) is 72.3 Å². The minimum absolute atomic E-state index is 0.0288. The van der Waals surface area contributed by atoms with Gasteiger partial charge in [-0.05, 0) is 59.4 Å². The Bertz CT molecular complexity index is 1540. The molecule has 4 N–H and O–H groups in total. The quantitative estimate of drug-likeness (QED) is 0.256. The second-order valence-electron chi connectivity index (χ2n) is 9.39. The monoisotopic (exact) mass is 580 g/mol. The predicted octanol–water partition coefficient (Wildman–Crippen LogP) is 4.75. The SMILES string of the molecule is Cc1ccc(-c2ccc(C[C@@H](NS(=O)(=O)[C@@]3(Cl)C=CC=CC3)C(=O)O)cc2)cc1NC(=O)NCc1cccnc1. The number of carboxylic acid groups (broad SMARTS) is 1. The molecule has 2 atom stereocenters. The molecule has 2 amide bonds. The summed E-state index contributed by atoms with van der Waals surface area (Å²) in [5.74, 6) is -1.31. The summed E-state index contributed by atoms with van der Waals surface area (Å²) < 4.78 is 26.3. The van der Waals surface area contributed by atoms with Crippen LogP contribution in [0, 0.1) is 6.92 Å². The van der Waals surface area contributed by atoms with Crippen molar-refractivity contribution < 1.29 is 23.1 Å². The van der Waals surface area contributed by atoms with E-state index in [0.717, 1.165) is 22.3 Å². The van der Waals surface area contributed by atoms with Crippen molar-refractivity contribution >= 4 is 39.3 Å². The zero-order valence-electron chi connectivity index (χ0n) is 21.7. The van der Waals surface area contributed by atoms with Crippen LogP contribution in [0.2, 0.25) is 0 Å². The number of carboxylic acids is 1. The molecule has 1 aliphatic rings. The first-order valence-corrected chi connectivity index (χ1v) is 14.3. The molecule has 0 bridgehead atoms. The molecule has 1 heterocycles. The van der Waals surface area contributed by atoms with E-state index in [-0.39, 0.29) is 18.9 Å². The molecule has 4 rings (SSSR count). The van der Waals surface area contributed by atoms with Crippen LogP contribution in [0.25, 0.3) is 11.1 Å². The van der Waals surface area contributed by atoms with Gasteiger partial charge in [0.2, 0.25) is 10.0 Å². The van der Waals surface area contributed by atoms with Crippen molar-refractivity contribution in [3.05, 3.63) is 108 Å². The van der Waals surface area contributed by atoms with Crippen molar-refractivity contribution in [2.24, 2.45) is 0 Å². The minimum Gasteiger partial charge on any atom is -0.480 e. The van der Waals surface area contributed by atoms with E-state index in [0.29, 0.717) is 17.8 Å². The third kappa shape index (κ3) is 7.15. The van der Waals surface area contributed by atoms with E-state index in [1.165, 1.54) is 12.2 Å². The Morgan fingerprint density at radius 3 is 2.48 bits per heavy atom. The highest BCUT2D eigenvalue weighted by molar-refractivity contribution is 7.92. The van der Waals surface area contributed by atoms with E-state index in [4.69, 9.17) is 11.6 Å². The van der Waals surface area contributed by atoms with Gasteiger partial charge in [-0.15, -0.1) is 0 Å². The predicted molar refractivity (Wildman–Crippen MR) is 155 cm³/mol. The van der Waals surface area contributed by atoms with Crippen LogP contribution in [0.3, 0.4) is 0 Å². The van der Waals surface area contributed by atoms with E-state index in [1.807, 2.05) is 43.3 Å². The number of nitrogens with one attached hydrogen (secondary N) is 3. The van der Waals surface area contributed by atoms with Gasteiger partial charge in [-0.2, -0.15) is 4.72 Å². The molecule has 0 aliphatic heterocycles.